The zero-order valence-electron chi connectivity index (χ0n) is 13.9. The van der Waals surface area contributed by atoms with Gasteiger partial charge < -0.3 is 14.4 Å². The van der Waals surface area contributed by atoms with Crippen molar-refractivity contribution < 1.29 is 14.4 Å². The molecule has 0 fully saturated rings. The Hall–Kier alpha value is -2.70. The first-order valence-electron chi connectivity index (χ1n) is 7.96. The van der Waals surface area contributed by atoms with Crippen LogP contribution in [-0.2, 0) is 6.54 Å². The largest absolute Gasteiger partial charge is 0.507 e. The lowest BCUT2D eigenvalue weighted by molar-refractivity contribution is -0.872. The monoisotopic (exact) mass is 353 g/mol. The number of aromatic hydroxyl groups is 1. The third-order valence-corrected chi connectivity index (χ3v) is 5.11. The molecule has 0 saturated heterocycles. The van der Waals surface area contributed by atoms with Gasteiger partial charge in [-0.15, -0.1) is 11.3 Å². The minimum Gasteiger partial charge on any atom is -0.507 e. The fraction of sp³-hybridized carbons (Fsp3) is 0.158. The minimum absolute atomic E-state index is 0.143. The Kier molecular flexibility index (Phi) is 3.78. The predicted molar refractivity (Wildman–Crippen MR) is 99.3 cm³/mol. The lowest BCUT2D eigenvalue weighted by Crippen LogP contribution is -3.04. The van der Waals surface area contributed by atoms with Crippen molar-refractivity contribution in [3.8, 4) is 16.3 Å². The maximum absolute atomic E-state index is 12.6. The highest BCUT2D eigenvalue weighted by Crippen LogP contribution is 2.32. The van der Waals surface area contributed by atoms with Crippen molar-refractivity contribution in [2.24, 2.45) is 0 Å². The smallest absolute Gasteiger partial charge is 0.346 e. The second-order valence-corrected chi connectivity index (χ2v) is 7.33. The quantitative estimate of drug-likeness (QED) is 0.555. The summed E-state index contributed by atoms with van der Waals surface area (Å²) in [7, 11) is 3.96. The Bertz CT molecular complexity index is 1110. The van der Waals surface area contributed by atoms with E-state index in [-0.39, 0.29) is 5.75 Å². The standard InChI is InChI=1S/C19H16N2O3S/c1-21(2)10-13-15(22)8-7-11-9-12(19(23)24-17(11)13)18-20-14-5-3-4-6-16(14)25-18/h3-9,22H,10H2,1-2H3/p+1. The van der Waals surface area contributed by atoms with Gasteiger partial charge in [-0.25, -0.2) is 9.78 Å². The van der Waals surface area contributed by atoms with Gasteiger partial charge in [-0.2, -0.15) is 0 Å². The SMILES string of the molecule is C[NH+](C)Cc1c(O)ccc2cc(-c3nc4ccccc4s3)c(=O)oc12. The first-order chi connectivity index (χ1) is 12.0. The number of thiazole rings is 1. The minimum atomic E-state index is -0.438. The molecule has 0 saturated carbocycles. The van der Waals surface area contributed by atoms with Gasteiger partial charge in [0.1, 0.15) is 17.3 Å². The van der Waals surface area contributed by atoms with Crippen molar-refractivity contribution in [3.63, 3.8) is 0 Å². The van der Waals surface area contributed by atoms with Crippen molar-refractivity contribution >= 4 is 32.5 Å². The molecule has 126 valence electrons. The van der Waals surface area contributed by atoms with E-state index in [9.17, 15) is 9.90 Å². The van der Waals surface area contributed by atoms with Crippen molar-refractivity contribution in [1.82, 2.24) is 4.98 Å². The van der Waals surface area contributed by atoms with Crippen LogP contribution in [0.3, 0.4) is 0 Å². The van der Waals surface area contributed by atoms with E-state index in [1.165, 1.54) is 11.3 Å². The Morgan fingerprint density at radius 3 is 2.76 bits per heavy atom. The van der Waals surface area contributed by atoms with Crippen LogP contribution in [0.5, 0.6) is 5.75 Å². The number of phenols is 1. The molecule has 2 aromatic heterocycles. The number of fused-ring (bicyclic) bond motifs is 2. The highest BCUT2D eigenvalue weighted by Gasteiger charge is 2.17. The molecule has 2 heterocycles. The van der Waals surface area contributed by atoms with Gasteiger partial charge >= 0.3 is 5.63 Å². The molecule has 4 rings (SSSR count). The Labute approximate surface area is 147 Å². The Balaban J connectivity index is 1.93. The maximum Gasteiger partial charge on any atom is 0.346 e. The number of para-hydroxylation sites is 1. The summed E-state index contributed by atoms with van der Waals surface area (Å²) in [6.45, 7) is 0.562. The third kappa shape index (κ3) is 2.79. The summed E-state index contributed by atoms with van der Waals surface area (Å²) in [5.41, 5.74) is 1.96. The molecular weight excluding hydrogens is 336 g/mol. The normalized spacial score (nSPS) is 11.6. The number of rotatable bonds is 3. The van der Waals surface area contributed by atoms with Crippen LogP contribution in [0.25, 0.3) is 31.8 Å². The molecule has 0 bridgehead atoms. The number of aromatic nitrogens is 1. The molecule has 0 amide bonds. The molecule has 0 aliphatic carbocycles. The van der Waals surface area contributed by atoms with Crippen LogP contribution in [0.2, 0.25) is 0 Å². The second kappa shape index (κ2) is 5.98. The molecule has 0 radical (unpaired) electrons. The van der Waals surface area contributed by atoms with E-state index in [0.29, 0.717) is 28.3 Å². The molecule has 2 aromatic carbocycles. The lowest BCUT2D eigenvalue weighted by Gasteiger charge is -2.11. The average molecular weight is 353 g/mol. The van der Waals surface area contributed by atoms with Crippen LogP contribution >= 0.6 is 11.3 Å². The van der Waals surface area contributed by atoms with Gasteiger partial charge in [-0.3, -0.25) is 0 Å². The number of hydrogen-bond donors (Lipinski definition) is 2. The van der Waals surface area contributed by atoms with Gasteiger partial charge in [0.05, 0.1) is 35.4 Å². The van der Waals surface area contributed by atoms with Gasteiger partial charge in [0.2, 0.25) is 0 Å². The van der Waals surface area contributed by atoms with Crippen LogP contribution in [0, 0.1) is 0 Å². The van der Waals surface area contributed by atoms with Crippen LogP contribution < -0.4 is 10.5 Å². The van der Waals surface area contributed by atoms with E-state index in [1.54, 1.807) is 18.2 Å². The highest BCUT2D eigenvalue weighted by molar-refractivity contribution is 7.21. The number of benzene rings is 2. The average Bonchev–Trinajstić information content (AvgIpc) is 3.01. The summed E-state index contributed by atoms with van der Waals surface area (Å²) >= 11 is 1.47. The van der Waals surface area contributed by atoms with E-state index in [4.69, 9.17) is 4.42 Å². The fourth-order valence-electron chi connectivity index (χ4n) is 2.89. The zero-order chi connectivity index (χ0) is 17.6. The molecule has 0 spiro atoms. The second-order valence-electron chi connectivity index (χ2n) is 6.30. The molecule has 6 heteroatoms. The van der Waals surface area contributed by atoms with E-state index < -0.39 is 5.63 Å². The molecule has 0 unspecified atom stereocenters. The molecule has 2 N–H and O–H groups in total. The van der Waals surface area contributed by atoms with E-state index in [0.717, 1.165) is 20.5 Å². The van der Waals surface area contributed by atoms with E-state index in [1.807, 2.05) is 38.4 Å². The zero-order valence-corrected chi connectivity index (χ0v) is 14.7. The van der Waals surface area contributed by atoms with Crippen LogP contribution in [0.15, 0.2) is 51.7 Å². The summed E-state index contributed by atoms with van der Waals surface area (Å²) in [5, 5.41) is 11.6. The van der Waals surface area contributed by atoms with Gasteiger partial charge in [0.25, 0.3) is 0 Å². The summed E-state index contributed by atoms with van der Waals surface area (Å²) in [6.07, 6.45) is 0. The van der Waals surface area contributed by atoms with Crippen molar-refractivity contribution in [2.45, 2.75) is 6.54 Å². The van der Waals surface area contributed by atoms with E-state index in [2.05, 4.69) is 4.98 Å². The van der Waals surface area contributed by atoms with Gasteiger partial charge in [0, 0.05) is 5.39 Å². The fourth-order valence-corrected chi connectivity index (χ4v) is 3.86. The summed E-state index contributed by atoms with van der Waals surface area (Å²) in [5.74, 6) is 0.143. The summed E-state index contributed by atoms with van der Waals surface area (Å²) in [6, 6.07) is 13.0. The Morgan fingerprint density at radius 2 is 2.00 bits per heavy atom. The molecule has 0 aliphatic heterocycles. The number of hydrogen-bond acceptors (Lipinski definition) is 5. The molecule has 25 heavy (non-hydrogen) atoms. The van der Waals surface area contributed by atoms with Crippen LogP contribution in [0.1, 0.15) is 5.56 Å². The highest BCUT2D eigenvalue weighted by atomic mass is 32.1. The molecular formula is C19H17N2O3S+. The number of nitrogens with zero attached hydrogens (tertiary/aromatic N) is 1. The first kappa shape index (κ1) is 15.8. The number of quaternary nitrogens is 1. The van der Waals surface area contributed by atoms with Gasteiger partial charge in [0.15, 0.2) is 5.58 Å². The molecule has 0 atom stereocenters. The molecule has 0 aliphatic rings. The number of nitrogens with one attached hydrogen (secondary N) is 1. The van der Waals surface area contributed by atoms with Crippen molar-refractivity contribution in [1.29, 1.82) is 0 Å². The van der Waals surface area contributed by atoms with Crippen molar-refractivity contribution in [2.75, 3.05) is 14.1 Å². The lowest BCUT2D eigenvalue weighted by atomic mass is 10.1. The van der Waals surface area contributed by atoms with Crippen molar-refractivity contribution in [3.05, 3.63) is 58.4 Å². The summed E-state index contributed by atoms with van der Waals surface area (Å²) in [4.78, 5) is 18.2. The van der Waals surface area contributed by atoms with E-state index >= 15 is 0 Å². The maximum atomic E-state index is 12.6. The van der Waals surface area contributed by atoms with Crippen LogP contribution in [-0.4, -0.2) is 24.2 Å². The van der Waals surface area contributed by atoms with Gasteiger partial charge in [-0.1, -0.05) is 12.1 Å². The predicted octanol–water partition coefficient (Wildman–Crippen LogP) is 2.42. The summed E-state index contributed by atoms with van der Waals surface area (Å²) < 4.78 is 6.62. The number of phenolic OH excluding ortho intramolecular Hbond substituents is 1. The van der Waals surface area contributed by atoms with Gasteiger partial charge in [-0.05, 0) is 30.3 Å². The third-order valence-electron chi connectivity index (χ3n) is 4.04. The Morgan fingerprint density at radius 1 is 1.20 bits per heavy atom. The molecule has 4 aromatic rings. The topological polar surface area (TPSA) is 67.8 Å². The van der Waals surface area contributed by atoms with Crippen LogP contribution in [0.4, 0.5) is 0 Å². The molecule has 5 nitrogen and oxygen atoms in total. The first-order valence-corrected chi connectivity index (χ1v) is 8.78.